The fourth-order valence-corrected chi connectivity index (χ4v) is 2.61. The lowest BCUT2D eigenvalue weighted by Gasteiger charge is -2.23. The van der Waals surface area contributed by atoms with Crippen LogP contribution in [0.4, 0.5) is 0 Å². The van der Waals surface area contributed by atoms with Crippen LogP contribution in [0.1, 0.15) is 38.3 Å². The molecule has 3 heteroatoms. The van der Waals surface area contributed by atoms with Crippen LogP contribution in [0.25, 0.3) is 0 Å². The van der Waals surface area contributed by atoms with Gasteiger partial charge < -0.3 is 4.79 Å². The first-order valence-electron chi connectivity index (χ1n) is 5.69. The van der Waals surface area contributed by atoms with Gasteiger partial charge in [-0.15, -0.1) is 0 Å². The standard InChI is InChI=1S/C14H17IO2/c1-4-10-5-6-11(9-12(10)15)14(2,3)13(17)7-8-16/h5-6,8-9H,4,7H2,1-3H3. The first-order valence-corrected chi connectivity index (χ1v) is 6.77. The summed E-state index contributed by atoms with van der Waals surface area (Å²) in [5.41, 5.74) is 1.67. The summed E-state index contributed by atoms with van der Waals surface area (Å²) in [5.74, 6) is -0.0347. The quantitative estimate of drug-likeness (QED) is 0.467. The summed E-state index contributed by atoms with van der Waals surface area (Å²) in [6, 6.07) is 6.10. The number of carbonyl (C=O) groups is 2. The van der Waals surface area contributed by atoms with Crippen molar-refractivity contribution in [3.63, 3.8) is 0 Å². The maximum absolute atomic E-state index is 11.9. The van der Waals surface area contributed by atoms with E-state index in [1.54, 1.807) is 0 Å². The van der Waals surface area contributed by atoms with Crippen molar-refractivity contribution >= 4 is 34.7 Å². The molecule has 0 saturated carbocycles. The number of halogens is 1. The number of Topliss-reactive ketones (excluding diaryl/α,β-unsaturated/α-hetero) is 1. The van der Waals surface area contributed by atoms with Crippen LogP contribution in [-0.4, -0.2) is 12.1 Å². The lowest BCUT2D eigenvalue weighted by molar-refractivity contribution is -0.126. The third-order valence-electron chi connectivity index (χ3n) is 3.12. The van der Waals surface area contributed by atoms with Crippen LogP contribution >= 0.6 is 22.6 Å². The average molecular weight is 344 g/mol. The third kappa shape index (κ3) is 3.15. The molecular formula is C14H17IO2. The van der Waals surface area contributed by atoms with E-state index < -0.39 is 5.41 Å². The Morgan fingerprint density at radius 2 is 2.06 bits per heavy atom. The van der Waals surface area contributed by atoms with Gasteiger partial charge in [-0.3, -0.25) is 4.79 Å². The molecule has 0 heterocycles. The number of aldehydes is 1. The molecule has 0 bridgehead atoms. The molecule has 92 valence electrons. The fraction of sp³-hybridized carbons (Fsp3) is 0.429. The Kier molecular flexibility index (Phi) is 4.86. The molecule has 0 aliphatic heterocycles. The Morgan fingerprint density at radius 3 is 2.53 bits per heavy atom. The van der Waals surface area contributed by atoms with E-state index in [1.165, 1.54) is 9.13 Å². The minimum Gasteiger partial charge on any atom is -0.303 e. The van der Waals surface area contributed by atoms with Gasteiger partial charge in [0.1, 0.15) is 12.1 Å². The van der Waals surface area contributed by atoms with Crippen LogP contribution in [0.2, 0.25) is 0 Å². The predicted octanol–water partition coefficient (Wildman–Crippen LogP) is 3.29. The van der Waals surface area contributed by atoms with E-state index in [0.29, 0.717) is 6.29 Å². The second kappa shape index (κ2) is 5.76. The Balaban J connectivity index is 3.11. The zero-order chi connectivity index (χ0) is 13.1. The smallest absolute Gasteiger partial charge is 0.149 e. The normalized spacial score (nSPS) is 11.3. The molecule has 0 saturated heterocycles. The molecule has 1 aromatic carbocycles. The summed E-state index contributed by atoms with van der Waals surface area (Å²) < 4.78 is 1.18. The van der Waals surface area contributed by atoms with Crippen molar-refractivity contribution in [2.24, 2.45) is 0 Å². The zero-order valence-electron chi connectivity index (χ0n) is 10.4. The Hall–Kier alpha value is -0.710. The molecule has 0 N–H and O–H groups in total. The third-order valence-corrected chi connectivity index (χ3v) is 4.13. The Labute approximate surface area is 116 Å². The second-order valence-corrected chi connectivity index (χ2v) is 5.74. The summed E-state index contributed by atoms with van der Waals surface area (Å²) >= 11 is 2.29. The maximum Gasteiger partial charge on any atom is 0.149 e. The van der Waals surface area contributed by atoms with Gasteiger partial charge in [-0.05, 0) is 60.1 Å². The van der Waals surface area contributed by atoms with E-state index >= 15 is 0 Å². The molecule has 0 amide bonds. The highest BCUT2D eigenvalue weighted by Gasteiger charge is 2.29. The molecule has 1 aromatic rings. The van der Waals surface area contributed by atoms with Crippen LogP contribution in [0.15, 0.2) is 18.2 Å². The lowest BCUT2D eigenvalue weighted by Crippen LogP contribution is -2.29. The van der Waals surface area contributed by atoms with Gasteiger partial charge in [-0.2, -0.15) is 0 Å². The summed E-state index contributed by atoms with van der Waals surface area (Å²) in [6.45, 7) is 5.85. The van der Waals surface area contributed by atoms with E-state index in [2.05, 4.69) is 35.6 Å². The molecule has 0 atom stereocenters. The van der Waals surface area contributed by atoms with Gasteiger partial charge in [0.15, 0.2) is 0 Å². The van der Waals surface area contributed by atoms with Crippen molar-refractivity contribution in [3.8, 4) is 0 Å². The molecule has 0 aliphatic rings. The Bertz CT molecular complexity index is 436. The summed E-state index contributed by atoms with van der Waals surface area (Å²) in [7, 11) is 0. The van der Waals surface area contributed by atoms with Crippen LogP contribution in [0.3, 0.4) is 0 Å². The molecule has 0 radical (unpaired) electrons. The topological polar surface area (TPSA) is 34.1 Å². The highest BCUT2D eigenvalue weighted by atomic mass is 127. The van der Waals surface area contributed by atoms with Gasteiger partial charge in [0.05, 0.1) is 6.42 Å². The summed E-state index contributed by atoms with van der Waals surface area (Å²) in [6.07, 6.45) is 1.65. The van der Waals surface area contributed by atoms with Crippen molar-refractivity contribution in [2.75, 3.05) is 0 Å². The van der Waals surface area contributed by atoms with Gasteiger partial charge in [0.2, 0.25) is 0 Å². The summed E-state index contributed by atoms with van der Waals surface area (Å²) in [5, 5.41) is 0. The highest BCUT2D eigenvalue weighted by molar-refractivity contribution is 14.1. The molecule has 0 aromatic heterocycles. The van der Waals surface area contributed by atoms with E-state index in [9.17, 15) is 9.59 Å². The zero-order valence-corrected chi connectivity index (χ0v) is 12.6. The van der Waals surface area contributed by atoms with Gasteiger partial charge in [-0.25, -0.2) is 0 Å². The molecule has 2 nitrogen and oxygen atoms in total. The summed E-state index contributed by atoms with van der Waals surface area (Å²) in [4.78, 5) is 22.3. The van der Waals surface area contributed by atoms with Gasteiger partial charge in [0.25, 0.3) is 0 Å². The van der Waals surface area contributed by atoms with Crippen LogP contribution in [0, 0.1) is 3.57 Å². The average Bonchev–Trinajstić information content (AvgIpc) is 2.29. The molecular weight excluding hydrogens is 327 g/mol. The number of hydrogen-bond donors (Lipinski definition) is 0. The van der Waals surface area contributed by atoms with Crippen molar-refractivity contribution < 1.29 is 9.59 Å². The number of aryl methyl sites for hydroxylation is 1. The van der Waals surface area contributed by atoms with Crippen molar-refractivity contribution in [3.05, 3.63) is 32.9 Å². The van der Waals surface area contributed by atoms with Crippen molar-refractivity contribution in [1.82, 2.24) is 0 Å². The molecule has 0 fully saturated rings. The van der Waals surface area contributed by atoms with E-state index in [4.69, 9.17) is 0 Å². The first kappa shape index (κ1) is 14.4. The number of rotatable bonds is 5. The van der Waals surface area contributed by atoms with E-state index in [1.807, 2.05) is 26.0 Å². The minimum absolute atomic E-state index is 0.0148. The molecule has 17 heavy (non-hydrogen) atoms. The van der Waals surface area contributed by atoms with Gasteiger partial charge >= 0.3 is 0 Å². The lowest BCUT2D eigenvalue weighted by atomic mass is 9.79. The second-order valence-electron chi connectivity index (χ2n) is 4.58. The number of hydrogen-bond acceptors (Lipinski definition) is 2. The molecule has 0 spiro atoms. The number of ketones is 1. The van der Waals surface area contributed by atoms with Crippen molar-refractivity contribution in [2.45, 2.75) is 39.0 Å². The minimum atomic E-state index is -0.590. The Morgan fingerprint density at radius 1 is 1.41 bits per heavy atom. The predicted molar refractivity (Wildman–Crippen MR) is 77.3 cm³/mol. The van der Waals surface area contributed by atoms with E-state index in [-0.39, 0.29) is 12.2 Å². The number of benzene rings is 1. The fourth-order valence-electron chi connectivity index (χ4n) is 1.71. The molecule has 0 unspecified atom stereocenters. The van der Waals surface area contributed by atoms with Crippen LogP contribution in [-0.2, 0) is 21.4 Å². The van der Waals surface area contributed by atoms with E-state index in [0.717, 1.165) is 12.0 Å². The van der Waals surface area contributed by atoms with Crippen LogP contribution < -0.4 is 0 Å². The monoisotopic (exact) mass is 344 g/mol. The molecule has 1 rings (SSSR count). The molecule has 0 aliphatic carbocycles. The largest absolute Gasteiger partial charge is 0.303 e. The van der Waals surface area contributed by atoms with Crippen LogP contribution in [0.5, 0.6) is 0 Å². The highest BCUT2D eigenvalue weighted by Crippen LogP contribution is 2.28. The van der Waals surface area contributed by atoms with Gasteiger partial charge in [-0.1, -0.05) is 19.1 Å². The maximum atomic E-state index is 11.9. The van der Waals surface area contributed by atoms with Crippen molar-refractivity contribution in [1.29, 1.82) is 0 Å². The number of carbonyl (C=O) groups excluding carboxylic acids is 2. The SMILES string of the molecule is CCc1ccc(C(C)(C)C(=O)CC=O)cc1I. The first-order chi connectivity index (χ1) is 7.93. The van der Waals surface area contributed by atoms with Gasteiger partial charge in [0, 0.05) is 8.99 Å².